The van der Waals surface area contributed by atoms with Gasteiger partial charge in [0.2, 0.25) is 0 Å². The van der Waals surface area contributed by atoms with E-state index < -0.39 is 11.2 Å². The molecule has 0 bridgehead atoms. The fraction of sp³-hybridized carbons (Fsp3) is 0.214. The first-order valence-corrected chi connectivity index (χ1v) is 6.77. The number of nitrogens with one attached hydrogen (secondary N) is 1. The van der Waals surface area contributed by atoms with Crippen molar-refractivity contribution in [3.8, 4) is 6.07 Å². The summed E-state index contributed by atoms with van der Waals surface area (Å²) in [6, 6.07) is 7.34. The average molecular weight is 311 g/mol. The highest BCUT2D eigenvalue weighted by Gasteiger charge is 2.16. The molecule has 23 heavy (non-hydrogen) atoms. The van der Waals surface area contributed by atoms with Crippen LogP contribution in [0.5, 0.6) is 0 Å². The summed E-state index contributed by atoms with van der Waals surface area (Å²) in [7, 11) is 2.83. The average Bonchev–Trinajstić information content (AvgIpc) is 2.98. The Morgan fingerprint density at radius 3 is 2.74 bits per heavy atom. The molecule has 3 aromatic heterocycles. The monoisotopic (exact) mass is 311 g/mol. The summed E-state index contributed by atoms with van der Waals surface area (Å²) >= 11 is 0. The van der Waals surface area contributed by atoms with E-state index in [-0.39, 0.29) is 17.9 Å². The molecule has 0 saturated carbocycles. The lowest BCUT2D eigenvalue weighted by Gasteiger charge is -2.12. The van der Waals surface area contributed by atoms with Gasteiger partial charge in [0, 0.05) is 20.3 Å². The number of fused-ring (bicyclic) bond motifs is 1. The molecule has 0 spiro atoms. The molecular weight excluding hydrogens is 298 g/mol. The van der Waals surface area contributed by atoms with E-state index in [1.165, 1.54) is 18.7 Å². The molecule has 0 unspecified atom stereocenters. The quantitative estimate of drug-likeness (QED) is 0.705. The van der Waals surface area contributed by atoms with Crippen molar-refractivity contribution in [1.29, 1.82) is 5.26 Å². The summed E-state index contributed by atoms with van der Waals surface area (Å²) in [5.74, 6) is 0.755. The van der Waals surface area contributed by atoms with Crippen molar-refractivity contribution < 1.29 is 0 Å². The zero-order valence-electron chi connectivity index (χ0n) is 12.5. The van der Waals surface area contributed by atoms with Crippen LogP contribution in [-0.2, 0) is 20.6 Å². The molecule has 0 aliphatic rings. The van der Waals surface area contributed by atoms with Gasteiger partial charge < -0.3 is 5.32 Å². The van der Waals surface area contributed by atoms with Crippen LogP contribution in [0.3, 0.4) is 0 Å². The number of nitriles is 1. The van der Waals surface area contributed by atoms with Crippen molar-refractivity contribution in [3.05, 3.63) is 56.6 Å². The Balaban J connectivity index is 2.03. The van der Waals surface area contributed by atoms with Gasteiger partial charge in [-0.2, -0.15) is 5.26 Å². The molecule has 0 amide bonds. The van der Waals surface area contributed by atoms with Crippen LogP contribution in [0.1, 0.15) is 11.4 Å². The van der Waals surface area contributed by atoms with Gasteiger partial charge in [-0.05, 0) is 12.1 Å². The second-order valence-electron chi connectivity index (χ2n) is 4.94. The van der Waals surface area contributed by atoms with E-state index in [1.54, 1.807) is 10.6 Å². The van der Waals surface area contributed by atoms with Crippen molar-refractivity contribution in [3.63, 3.8) is 0 Å². The fourth-order valence-electron chi connectivity index (χ4n) is 2.33. The molecule has 9 nitrogen and oxygen atoms in total. The van der Waals surface area contributed by atoms with E-state index in [2.05, 4.69) is 15.5 Å². The number of rotatable bonds is 3. The Hall–Kier alpha value is -3.41. The Morgan fingerprint density at radius 1 is 1.22 bits per heavy atom. The van der Waals surface area contributed by atoms with Crippen molar-refractivity contribution in [1.82, 2.24) is 23.7 Å². The molecular formula is C14H13N7O2. The summed E-state index contributed by atoms with van der Waals surface area (Å²) in [5.41, 5.74) is -0.585. The molecule has 3 aromatic rings. The minimum Gasteiger partial charge on any atom is -0.363 e. The van der Waals surface area contributed by atoms with E-state index in [4.69, 9.17) is 0 Å². The Kier molecular flexibility index (Phi) is 3.42. The summed E-state index contributed by atoms with van der Waals surface area (Å²) in [4.78, 5) is 24.0. The van der Waals surface area contributed by atoms with Gasteiger partial charge in [-0.1, -0.05) is 6.07 Å². The highest BCUT2D eigenvalue weighted by molar-refractivity contribution is 5.51. The van der Waals surface area contributed by atoms with Gasteiger partial charge in [-0.3, -0.25) is 18.3 Å². The first kappa shape index (κ1) is 14.5. The maximum Gasteiger partial charge on any atom is 0.332 e. The molecule has 9 heteroatoms. The molecule has 0 atom stereocenters. The molecule has 116 valence electrons. The van der Waals surface area contributed by atoms with E-state index in [1.807, 2.05) is 24.3 Å². The van der Waals surface area contributed by atoms with E-state index in [0.717, 1.165) is 4.57 Å². The highest BCUT2D eigenvalue weighted by atomic mass is 16.2. The predicted octanol–water partition coefficient (Wildman–Crippen LogP) is -0.390. The van der Waals surface area contributed by atoms with E-state index in [0.29, 0.717) is 11.5 Å². The molecule has 0 radical (unpaired) electrons. The third kappa shape index (κ3) is 2.26. The largest absolute Gasteiger partial charge is 0.363 e. The van der Waals surface area contributed by atoms with Crippen LogP contribution in [0.25, 0.3) is 5.65 Å². The van der Waals surface area contributed by atoms with Gasteiger partial charge >= 0.3 is 5.69 Å². The summed E-state index contributed by atoms with van der Waals surface area (Å²) in [5, 5.41) is 20.2. The molecule has 0 saturated heterocycles. The smallest absolute Gasteiger partial charge is 0.332 e. The topological polar surface area (TPSA) is 110 Å². The zero-order chi connectivity index (χ0) is 16.6. The molecule has 0 aliphatic carbocycles. The Labute approximate surface area is 130 Å². The van der Waals surface area contributed by atoms with E-state index in [9.17, 15) is 14.9 Å². The Morgan fingerprint density at radius 2 is 2.00 bits per heavy atom. The maximum atomic E-state index is 12.0. The van der Waals surface area contributed by atoms with Gasteiger partial charge in [-0.25, -0.2) is 4.79 Å². The van der Waals surface area contributed by atoms with Crippen molar-refractivity contribution >= 4 is 11.5 Å². The van der Waals surface area contributed by atoms with Gasteiger partial charge in [0.1, 0.15) is 11.9 Å². The predicted molar refractivity (Wildman–Crippen MR) is 82.0 cm³/mol. The molecule has 0 aromatic carbocycles. The van der Waals surface area contributed by atoms with Gasteiger partial charge in [0.05, 0.1) is 6.54 Å². The Bertz CT molecular complexity index is 1050. The lowest BCUT2D eigenvalue weighted by molar-refractivity contribution is 0.683. The zero-order valence-corrected chi connectivity index (χ0v) is 12.5. The highest BCUT2D eigenvalue weighted by Crippen LogP contribution is 2.10. The third-order valence-corrected chi connectivity index (χ3v) is 3.57. The van der Waals surface area contributed by atoms with Crippen LogP contribution >= 0.6 is 0 Å². The molecule has 3 rings (SSSR count). The van der Waals surface area contributed by atoms with Crippen LogP contribution in [0.2, 0.25) is 0 Å². The molecule has 0 aliphatic heterocycles. The lowest BCUT2D eigenvalue weighted by Crippen LogP contribution is -2.39. The van der Waals surface area contributed by atoms with Gasteiger partial charge in [-0.15, -0.1) is 10.2 Å². The van der Waals surface area contributed by atoms with Crippen LogP contribution in [-0.4, -0.2) is 23.7 Å². The number of anilines is 1. The van der Waals surface area contributed by atoms with Gasteiger partial charge in [0.25, 0.3) is 5.56 Å². The summed E-state index contributed by atoms with van der Waals surface area (Å²) in [6.07, 6.45) is 1.81. The lowest BCUT2D eigenvalue weighted by atomic mass is 10.3. The van der Waals surface area contributed by atoms with Crippen LogP contribution in [0, 0.1) is 11.3 Å². The molecule has 1 N–H and O–H groups in total. The standard InChI is InChI=1S/C14H13N7O2/c1-19-12(9(7-15)13(22)20(2)14(19)23)16-8-11-18-17-10-5-3-4-6-21(10)11/h3-6,16H,8H2,1-2H3. The number of aromatic nitrogens is 5. The number of pyridine rings is 1. The van der Waals surface area contributed by atoms with Gasteiger partial charge in [0.15, 0.2) is 17.0 Å². The molecule has 3 heterocycles. The van der Waals surface area contributed by atoms with Crippen molar-refractivity contribution in [2.24, 2.45) is 14.1 Å². The normalized spacial score (nSPS) is 10.7. The fourth-order valence-corrected chi connectivity index (χ4v) is 2.33. The number of hydrogen-bond donors (Lipinski definition) is 1. The third-order valence-electron chi connectivity index (χ3n) is 3.57. The second-order valence-corrected chi connectivity index (χ2v) is 4.94. The van der Waals surface area contributed by atoms with Crippen LogP contribution in [0.15, 0.2) is 34.0 Å². The second kappa shape index (κ2) is 5.42. The SMILES string of the molecule is Cn1c(NCc2nnc3ccccn23)c(C#N)c(=O)n(C)c1=O. The molecule has 0 fully saturated rings. The minimum atomic E-state index is -0.635. The minimum absolute atomic E-state index is 0.122. The van der Waals surface area contributed by atoms with E-state index >= 15 is 0 Å². The summed E-state index contributed by atoms with van der Waals surface area (Å²) < 4.78 is 3.90. The van der Waals surface area contributed by atoms with Crippen molar-refractivity contribution in [2.75, 3.05) is 5.32 Å². The maximum absolute atomic E-state index is 12.0. The first-order valence-electron chi connectivity index (χ1n) is 6.77. The number of nitrogens with zero attached hydrogens (tertiary/aromatic N) is 6. The van der Waals surface area contributed by atoms with Crippen molar-refractivity contribution in [2.45, 2.75) is 6.54 Å². The first-order chi connectivity index (χ1) is 11.0. The number of hydrogen-bond acceptors (Lipinski definition) is 6. The summed E-state index contributed by atoms with van der Waals surface area (Å²) in [6.45, 7) is 0.209. The van der Waals surface area contributed by atoms with Crippen LogP contribution < -0.4 is 16.6 Å². The van der Waals surface area contributed by atoms with Crippen LogP contribution in [0.4, 0.5) is 5.82 Å².